The molecule has 16 heavy (non-hydrogen) atoms. The van der Waals surface area contributed by atoms with Crippen molar-refractivity contribution < 1.29 is 5.11 Å². The van der Waals surface area contributed by atoms with E-state index in [9.17, 15) is 5.11 Å². The molecule has 0 aliphatic carbocycles. The molecular weight excluding hydrogens is 198 g/mol. The molecular formula is C14H21NO. The van der Waals surface area contributed by atoms with E-state index in [1.54, 1.807) is 0 Å². The standard InChI is InChI=1S/C14H21NO/c1-10-6-12(3)13(7-11(10)2)8-15-5-4-14(16)9-15/h6-7,14,16H,4-5,8-9H2,1-3H3/t14-/m0/s1. The van der Waals surface area contributed by atoms with Crippen molar-refractivity contribution in [2.45, 2.75) is 39.8 Å². The van der Waals surface area contributed by atoms with E-state index < -0.39 is 0 Å². The first-order chi connectivity index (χ1) is 7.56. The molecule has 88 valence electrons. The molecule has 1 aromatic carbocycles. The van der Waals surface area contributed by atoms with Gasteiger partial charge in [0.2, 0.25) is 0 Å². The predicted octanol–water partition coefficient (Wildman–Crippen LogP) is 2.18. The summed E-state index contributed by atoms with van der Waals surface area (Å²) < 4.78 is 0. The Kier molecular flexibility index (Phi) is 3.31. The molecule has 1 aromatic rings. The van der Waals surface area contributed by atoms with Crippen LogP contribution in [0.3, 0.4) is 0 Å². The maximum atomic E-state index is 9.50. The molecule has 2 rings (SSSR count). The van der Waals surface area contributed by atoms with Crippen LogP contribution < -0.4 is 0 Å². The van der Waals surface area contributed by atoms with Crippen LogP contribution >= 0.6 is 0 Å². The number of nitrogens with zero attached hydrogens (tertiary/aromatic N) is 1. The number of benzene rings is 1. The van der Waals surface area contributed by atoms with Gasteiger partial charge < -0.3 is 5.11 Å². The smallest absolute Gasteiger partial charge is 0.0679 e. The molecule has 0 radical (unpaired) electrons. The van der Waals surface area contributed by atoms with Gasteiger partial charge in [0.1, 0.15) is 0 Å². The topological polar surface area (TPSA) is 23.5 Å². The van der Waals surface area contributed by atoms with Gasteiger partial charge in [-0.3, -0.25) is 4.90 Å². The summed E-state index contributed by atoms with van der Waals surface area (Å²) in [6, 6.07) is 4.55. The Morgan fingerprint density at radius 2 is 1.88 bits per heavy atom. The van der Waals surface area contributed by atoms with Gasteiger partial charge in [-0.25, -0.2) is 0 Å². The SMILES string of the molecule is Cc1cc(C)c(CN2CC[C@H](O)C2)cc1C. The zero-order valence-electron chi connectivity index (χ0n) is 10.5. The van der Waals surface area contributed by atoms with Crippen LogP contribution in [0.2, 0.25) is 0 Å². The van der Waals surface area contributed by atoms with Crippen LogP contribution in [0.4, 0.5) is 0 Å². The summed E-state index contributed by atoms with van der Waals surface area (Å²) >= 11 is 0. The number of hydrogen-bond acceptors (Lipinski definition) is 2. The van der Waals surface area contributed by atoms with Gasteiger partial charge in [0, 0.05) is 19.6 Å². The zero-order valence-corrected chi connectivity index (χ0v) is 10.5. The van der Waals surface area contributed by atoms with Crippen molar-refractivity contribution in [2.75, 3.05) is 13.1 Å². The summed E-state index contributed by atoms with van der Waals surface area (Å²) in [6.45, 7) is 9.32. The van der Waals surface area contributed by atoms with E-state index in [-0.39, 0.29) is 6.10 Å². The van der Waals surface area contributed by atoms with Crippen LogP contribution in [0, 0.1) is 20.8 Å². The molecule has 1 aliphatic heterocycles. The van der Waals surface area contributed by atoms with Gasteiger partial charge in [-0.15, -0.1) is 0 Å². The van der Waals surface area contributed by atoms with E-state index in [0.29, 0.717) is 0 Å². The Hall–Kier alpha value is -0.860. The number of likely N-dealkylation sites (tertiary alicyclic amines) is 1. The third kappa shape index (κ3) is 2.45. The first kappa shape index (κ1) is 11.6. The average molecular weight is 219 g/mol. The fourth-order valence-electron chi connectivity index (χ4n) is 2.39. The summed E-state index contributed by atoms with van der Waals surface area (Å²) in [5, 5.41) is 9.50. The molecule has 2 heteroatoms. The highest BCUT2D eigenvalue weighted by Crippen LogP contribution is 2.19. The first-order valence-corrected chi connectivity index (χ1v) is 6.03. The molecule has 1 saturated heterocycles. The number of hydrogen-bond donors (Lipinski definition) is 1. The van der Waals surface area contributed by atoms with Gasteiger partial charge in [-0.2, -0.15) is 0 Å². The second kappa shape index (κ2) is 4.56. The van der Waals surface area contributed by atoms with Crippen molar-refractivity contribution in [3.8, 4) is 0 Å². The van der Waals surface area contributed by atoms with E-state index in [2.05, 4.69) is 37.8 Å². The Labute approximate surface area is 97.9 Å². The minimum absolute atomic E-state index is 0.119. The molecule has 0 amide bonds. The van der Waals surface area contributed by atoms with Crippen LogP contribution in [0.5, 0.6) is 0 Å². The van der Waals surface area contributed by atoms with E-state index in [4.69, 9.17) is 0 Å². The van der Waals surface area contributed by atoms with Gasteiger partial charge in [-0.1, -0.05) is 12.1 Å². The van der Waals surface area contributed by atoms with Crippen molar-refractivity contribution >= 4 is 0 Å². The van der Waals surface area contributed by atoms with Crippen LogP contribution in [-0.2, 0) is 6.54 Å². The molecule has 1 aliphatic rings. The Bertz CT molecular complexity index is 387. The first-order valence-electron chi connectivity index (χ1n) is 6.03. The highest BCUT2D eigenvalue weighted by atomic mass is 16.3. The Balaban J connectivity index is 2.12. The molecule has 0 saturated carbocycles. The van der Waals surface area contributed by atoms with Crippen LogP contribution in [0.25, 0.3) is 0 Å². The third-order valence-corrected chi connectivity index (χ3v) is 3.59. The molecule has 0 aromatic heterocycles. The minimum atomic E-state index is -0.119. The van der Waals surface area contributed by atoms with Crippen molar-refractivity contribution in [3.63, 3.8) is 0 Å². The zero-order chi connectivity index (χ0) is 11.7. The summed E-state index contributed by atoms with van der Waals surface area (Å²) in [7, 11) is 0. The lowest BCUT2D eigenvalue weighted by molar-refractivity contribution is 0.174. The molecule has 0 bridgehead atoms. The maximum Gasteiger partial charge on any atom is 0.0679 e. The fourth-order valence-corrected chi connectivity index (χ4v) is 2.39. The van der Waals surface area contributed by atoms with Gasteiger partial charge in [0.25, 0.3) is 0 Å². The fraction of sp³-hybridized carbons (Fsp3) is 0.571. The second-order valence-electron chi connectivity index (χ2n) is 5.04. The number of aryl methyl sites for hydroxylation is 3. The quantitative estimate of drug-likeness (QED) is 0.824. The van der Waals surface area contributed by atoms with E-state index >= 15 is 0 Å². The van der Waals surface area contributed by atoms with Gasteiger partial charge in [0.15, 0.2) is 0 Å². The van der Waals surface area contributed by atoms with E-state index in [0.717, 1.165) is 26.1 Å². The van der Waals surface area contributed by atoms with Gasteiger partial charge >= 0.3 is 0 Å². The number of aliphatic hydroxyl groups excluding tert-OH is 1. The molecule has 1 heterocycles. The molecule has 0 spiro atoms. The molecule has 1 N–H and O–H groups in total. The monoisotopic (exact) mass is 219 g/mol. The lowest BCUT2D eigenvalue weighted by Crippen LogP contribution is -2.22. The van der Waals surface area contributed by atoms with Crippen molar-refractivity contribution in [3.05, 3.63) is 34.4 Å². The second-order valence-corrected chi connectivity index (χ2v) is 5.04. The molecule has 2 nitrogen and oxygen atoms in total. The predicted molar refractivity (Wildman–Crippen MR) is 66.6 cm³/mol. The van der Waals surface area contributed by atoms with Crippen molar-refractivity contribution in [2.24, 2.45) is 0 Å². The number of aliphatic hydroxyl groups is 1. The molecule has 1 atom stereocenters. The Morgan fingerprint density at radius 3 is 2.50 bits per heavy atom. The summed E-state index contributed by atoms with van der Waals surface area (Å²) in [4.78, 5) is 2.34. The lowest BCUT2D eigenvalue weighted by atomic mass is 10.0. The van der Waals surface area contributed by atoms with Crippen LogP contribution in [-0.4, -0.2) is 29.2 Å². The lowest BCUT2D eigenvalue weighted by Gasteiger charge is -2.17. The summed E-state index contributed by atoms with van der Waals surface area (Å²) in [5.41, 5.74) is 5.49. The maximum absolute atomic E-state index is 9.50. The average Bonchev–Trinajstić information content (AvgIpc) is 2.60. The highest BCUT2D eigenvalue weighted by molar-refractivity contribution is 5.36. The normalized spacial score (nSPS) is 21.6. The van der Waals surface area contributed by atoms with Crippen LogP contribution in [0.1, 0.15) is 28.7 Å². The van der Waals surface area contributed by atoms with Crippen LogP contribution in [0.15, 0.2) is 12.1 Å². The highest BCUT2D eigenvalue weighted by Gasteiger charge is 2.20. The van der Waals surface area contributed by atoms with Crippen molar-refractivity contribution in [1.82, 2.24) is 4.90 Å². The van der Waals surface area contributed by atoms with Crippen molar-refractivity contribution in [1.29, 1.82) is 0 Å². The third-order valence-electron chi connectivity index (χ3n) is 3.59. The number of rotatable bonds is 2. The molecule has 1 fully saturated rings. The largest absolute Gasteiger partial charge is 0.392 e. The van der Waals surface area contributed by atoms with Gasteiger partial charge in [0.05, 0.1) is 6.10 Å². The molecule has 0 unspecified atom stereocenters. The Morgan fingerprint density at radius 1 is 1.19 bits per heavy atom. The van der Waals surface area contributed by atoms with E-state index in [1.807, 2.05) is 0 Å². The number of β-amino-alcohol motifs (C(OH)–C–C–N with tert-alkyl or cyclic N) is 1. The van der Waals surface area contributed by atoms with Gasteiger partial charge in [-0.05, 0) is 49.4 Å². The minimum Gasteiger partial charge on any atom is -0.392 e. The van der Waals surface area contributed by atoms with E-state index in [1.165, 1.54) is 22.3 Å². The summed E-state index contributed by atoms with van der Waals surface area (Å²) in [5.74, 6) is 0. The summed E-state index contributed by atoms with van der Waals surface area (Å²) in [6.07, 6.45) is 0.802.